The number of nitrogens with zero attached hydrogens (tertiary/aromatic N) is 3. The topological polar surface area (TPSA) is 141 Å². The van der Waals surface area contributed by atoms with Crippen molar-refractivity contribution in [1.82, 2.24) is 14.3 Å². The number of benzene rings is 3. The van der Waals surface area contributed by atoms with E-state index in [9.17, 15) is 28.1 Å². The van der Waals surface area contributed by atoms with E-state index < -0.39 is 37.2 Å². The lowest BCUT2D eigenvalue weighted by Gasteiger charge is -2.16. The fourth-order valence-electron chi connectivity index (χ4n) is 4.66. The number of rotatable bonds is 8. The molecule has 0 spiro atoms. The SMILES string of the molecule is O=C(CSc1nc2sccc2c(=O)n1-c1ccc(C2CC2)c2ccccc12)NS(=O)(=O)c1ccccc1[N+](=O)[O-]. The van der Waals surface area contributed by atoms with Gasteiger partial charge in [-0.15, -0.1) is 11.3 Å². The van der Waals surface area contributed by atoms with Crippen molar-refractivity contribution >= 4 is 65.7 Å². The first kappa shape index (κ1) is 26.2. The first-order valence-corrected chi connectivity index (χ1v) is 15.5. The molecule has 5 aromatic rings. The summed E-state index contributed by atoms with van der Waals surface area (Å²) in [5.74, 6) is -0.821. The Morgan fingerprint density at radius 1 is 1.05 bits per heavy atom. The van der Waals surface area contributed by atoms with Gasteiger partial charge in [-0.3, -0.25) is 24.3 Å². The highest BCUT2D eigenvalue weighted by molar-refractivity contribution is 8.00. The minimum atomic E-state index is -4.51. The van der Waals surface area contributed by atoms with E-state index >= 15 is 0 Å². The lowest BCUT2D eigenvalue weighted by Crippen LogP contribution is -2.32. The molecule has 1 aliphatic rings. The third kappa shape index (κ3) is 4.76. The largest absolute Gasteiger partial charge is 0.289 e. The second-order valence-corrected chi connectivity index (χ2v) is 12.7. The van der Waals surface area contributed by atoms with Crippen molar-refractivity contribution in [2.75, 3.05) is 5.75 Å². The number of thioether (sulfide) groups is 1. The predicted molar refractivity (Wildman–Crippen MR) is 154 cm³/mol. The van der Waals surface area contributed by atoms with Crippen molar-refractivity contribution in [2.45, 2.75) is 28.8 Å². The van der Waals surface area contributed by atoms with Crippen LogP contribution in [0, 0.1) is 10.1 Å². The number of thiophene rings is 1. The molecule has 202 valence electrons. The zero-order chi connectivity index (χ0) is 28.0. The van der Waals surface area contributed by atoms with Gasteiger partial charge in [0.2, 0.25) is 5.91 Å². The van der Waals surface area contributed by atoms with Gasteiger partial charge in [-0.25, -0.2) is 18.1 Å². The van der Waals surface area contributed by atoms with Gasteiger partial charge in [0, 0.05) is 11.5 Å². The summed E-state index contributed by atoms with van der Waals surface area (Å²) in [5, 5.41) is 15.6. The molecule has 0 radical (unpaired) electrons. The van der Waals surface area contributed by atoms with Gasteiger partial charge in [0.15, 0.2) is 10.1 Å². The van der Waals surface area contributed by atoms with Crippen molar-refractivity contribution in [3.8, 4) is 5.69 Å². The number of nitro benzene ring substituents is 1. The highest BCUT2D eigenvalue weighted by Gasteiger charge is 2.28. The molecule has 2 heterocycles. The number of carbonyl (C=O) groups is 1. The summed E-state index contributed by atoms with van der Waals surface area (Å²) in [6, 6.07) is 18.2. The van der Waals surface area contributed by atoms with E-state index in [0.717, 1.165) is 47.5 Å². The van der Waals surface area contributed by atoms with Gasteiger partial charge in [0.1, 0.15) is 4.83 Å². The number of hydrogen-bond acceptors (Lipinski definition) is 9. The molecule has 3 aromatic carbocycles. The fraction of sp³-hybridized carbons (Fsp3) is 0.148. The maximum absolute atomic E-state index is 13.7. The number of aromatic nitrogens is 2. The Balaban J connectivity index is 1.36. The van der Waals surface area contributed by atoms with Crippen LogP contribution >= 0.6 is 23.1 Å². The Hall–Kier alpha value is -4.07. The van der Waals surface area contributed by atoms with E-state index in [4.69, 9.17) is 0 Å². The average molecular weight is 593 g/mol. The Morgan fingerprint density at radius 3 is 2.52 bits per heavy atom. The Kier molecular flexibility index (Phi) is 6.64. The molecule has 0 saturated heterocycles. The first-order valence-electron chi connectivity index (χ1n) is 12.2. The molecule has 10 nitrogen and oxygen atoms in total. The zero-order valence-electron chi connectivity index (χ0n) is 20.6. The van der Waals surface area contributed by atoms with Crippen molar-refractivity contribution in [3.63, 3.8) is 0 Å². The van der Waals surface area contributed by atoms with Gasteiger partial charge in [-0.1, -0.05) is 54.2 Å². The average Bonchev–Trinajstić information content (AvgIpc) is 3.67. The third-order valence-electron chi connectivity index (χ3n) is 6.59. The van der Waals surface area contributed by atoms with Crippen LogP contribution in [0.25, 0.3) is 26.7 Å². The van der Waals surface area contributed by atoms with Crippen LogP contribution in [0.15, 0.2) is 87.0 Å². The van der Waals surface area contributed by atoms with E-state index in [1.54, 1.807) is 11.4 Å². The Morgan fingerprint density at radius 2 is 1.77 bits per heavy atom. The first-order chi connectivity index (χ1) is 19.2. The summed E-state index contributed by atoms with van der Waals surface area (Å²) < 4.78 is 28.9. The maximum atomic E-state index is 13.7. The van der Waals surface area contributed by atoms with Crippen LogP contribution < -0.4 is 10.3 Å². The van der Waals surface area contributed by atoms with Gasteiger partial charge in [0.25, 0.3) is 21.3 Å². The molecular formula is C27H20N4O6S3. The Labute approximate surface area is 235 Å². The van der Waals surface area contributed by atoms with Crippen molar-refractivity contribution in [1.29, 1.82) is 0 Å². The number of hydrogen-bond donors (Lipinski definition) is 1. The van der Waals surface area contributed by atoms with Gasteiger partial charge < -0.3 is 0 Å². The number of carbonyl (C=O) groups excluding carboxylic acids is 1. The summed E-state index contributed by atoms with van der Waals surface area (Å²) in [5.41, 5.74) is 0.897. The smallest absolute Gasteiger partial charge is 0.273 e. The summed E-state index contributed by atoms with van der Waals surface area (Å²) in [6.07, 6.45) is 2.24. The zero-order valence-corrected chi connectivity index (χ0v) is 23.1. The van der Waals surface area contributed by atoms with Crippen molar-refractivity contribution in [2.24, 2.45) is 0 Å². The standard InChI is InChI=1S/C27H20N4O6S3/c32-24(29-40(36,37)23-8-4-3-7-22(23)31(34)35)15-39-27-28-25-20(13-14-38-25)26(33)30(27)21-12-11-17(16-9-10-16)18-5-1-2-6-19(18)21/h1-8,11-14,16H,9-10,15H2,(H,29,32). The van der Waals surface area contributed by atoms with Crippen molar-refractivity contribution < 1.29 is 18.1 Å². The van der Waals surface area contributed by atoms with E-state index in [0.29, 0.717) is 21.8 Å². The van der Waals surface area contributed by atoms with Crippen molar-refractivity contribution in [3.05, 3.63) is 98.1 Å². The minimum Gasteiger partial charge on any atom is -0.273 e. The molecule has 1 saturated carbocycles. The monoisotopic (exact) mass is 592 g/mol. The molecule has 6 rings (SSSR count). The van der Waals surface area contributed by atoms with Gasteiger partial charge in [-0.05, 0) is 53.3 Å². The quantitative estimate of drug-likeness (QED) is 0.115. The van der Waals surface area contributed by atoms with Crippen LogP contribution in [0.1, 0.15) is 24.3 Å². The van der Waals surface area contributed by atoms with Crippen LogP contribution in [-0.4, -0.2) is 34.6 Å². The van der Waals surface area contributed by atoms with E-state index in [1.165, 1.54) is 33.6 Å². The number of fused-ring (bicyclic) bond motifs is 2. The van der Waals surface area contributed by atoms with Gasteiger partial charge in [0.05, 0.1) is 21.7 Å². The summed E-state index contributed by atoms with van der Waals surface area (Å²) in [7, 11) is -4.51. The van der Waals surface area contributed by atoms with Crippen LogP contribution in [0.3, 0.4) is 0 Å². The molecule has 2 aromatic heterocycles. The molecule has 1 aliphatic carbocycles. The molecule has 1 N–H and O–H groups in total. The molecule has 1 amide bonds. The minimum absolute atomic E-state index is 0.225. The van der Waals surface area contributed by atoms with E-state index in [-0.39, 0.29) is 10.7 Å². The fourth-order valence-corrected chi connectivity index (χ4v) is 7.52. The second-order valence-electron chi connectivity index (χ2n) is 9.21. The normalized spacial score (nSPS) is 13.5. The lowest BCUT2D eigenvalue weighted by molar-refractivity contribution is -0.387. The molecule has 0 atom stereocenters. The number of para-hydroxylation sites is 1. The number of sulfonamides is 1. The highest BCUT2D eigenvalue weighted by Crippen LogP contribution is 2.44. The summed E-state index contributed by atoms with van der Waals surface area (Å²) in [4.78, 5) is 41.5. The Bertz CT molecular complexity index is 2000. The van der Waals surface area contributed by atoms with Crippen LogP contribution in [-0.2, 0) is 14.8 Å². The predicted octanol–water partition coefficient (Wildman–Crippen LogP) is 4.98. The lowest BCUT2D eigenvalue weighted by atomic mass is 9.99. The molecule has 13 heteroatoms. The van der Waals surface area contributed by atoms with Gasteiger partial charge >= 0.3 is 0 Å². The highest BCUT2D eigenvalue weighted by atomic mass is 32.2. The molecule has 0 bridgehead atoms. The molecule has 0 aliphatic heterocycles. The summed E-state index contributed by atoms with van der Waals surface area (Å²) >= 11 is 2.19. The maximum Gasteiger partial charge on any atom is 0.289 e. The molecule has 1 fully saturated rings. The number of nitro groups is 1. The summed E-state index contributed by atoms with van der Waals surface area (Å²) in [6.45, 7) is 0. The van der Waals surface area contributed by atoms with Crippen LogP contribution in [0.4, 0.5) is 5.69 Å². The van der Waals surface area contributed by atoms with E-state index in [2.05, 4.69) is 4.98 Å². The van der Waals surface area contributed by atoms with Crippen LogP contribution in [0.5, 0.6) is 0 Å². The molecule has 0 unspecified atom stereocenters. The number of nitrogens with one attached hydrogen (secondary N) is 1. The van der Waals surface area contributed by atoms with E-state index in [1.807, 2.05) is 41.1 Å². The molecular weight excluding hydrogens is 573 g/mol. The third-order valence-corrected chi connectivity index (χ3v) is 9.76. The second kappa shape index (κ2) is 10.2. The van der Waals surface area contributed by atoms with Gasteiger partial charge in [-0.2, -0.15) is 0 Å². The number of amides is 1. The molecule has 40 heavy (non-hydrogen) atoms. The van der Waals surface area contributed by atoms with Crippen LogP contribution in [0.2, 0.25) is 0 Å².